The molecular weight excluding hydrogens is 260 g/mol. The maximum atomic E-state index is 5.83. The predicted octanol–water partition coefficient (Wildman–Crippen LogP) is 4.91. The first kappa shape index (κ1) is 17.4. The Balaban J connectivity index is 2.37. The van der Waals surface area contributed by atoms with Crippen LogP contribution in [0.4, 0.5) is 0 Å². The van der Waals surface area contributed by atoms with Gasteiger partial charge in [-0.25, -0.2) is 0 Å². The average Bonchev–Trinajstić information content (AvgIpc) is 2.47. The molecule has 1 aromatic rings. The third-order valence-corrected chi connectivity index (χ3v) is 3.69. The van der Waals surface area contributed by atoms with Crippen molar-refractivity contribution < 1.29 is 9.47 Å². The summed E-state index contributed by atoms with van der Waals surface area (Å²) >= 11 is 0. The number of ether oxygens (including phenoxy) is 2. The predicted molar refractivity (Wildman–Crippen MR) is 88.9 cm³/mol. The van der Waals surface area contributed by atoms with E-state index < -0.39 is 0 Å². The monoisotopic (exact) mass is 288 g/mol. The molecule has 0 aliphatic heterocycles. The molecule has 0 fully saturated rings. The van der Waals surface area contributed by atoms with Crippen LogP contribution < -0.4 is 9.47 Å². The topological polar surface area (TPSA) is 18.5 Å². The van der Waals surface area contributed by atoms with Gasteiger partial charge in [0.1, 0.15) is 11.5 Å². The molecule has 0 heterocycles. The van der Waals surface area contributed by atoms with Crippen LogP contribution in [0.5, 0.6) is 11.5 Å². The summed E-state index contributed by atoms with van der Waals surface area (Å²) in [6.07, 6.45) is 10.5. The normalized spacial score (nSPS) is 12.0. The van der Waals surface area contributed by atoms with Crippen LogP contribution in [0.25, 0.3) is 0 Å². The van der Waals surface area contributed by atoms with Crippen LogP contribution in [0.1, 0.15) is 52.0 Å². The van der Waals surface area contributed by atoms with Crippen molar-refractivity contribution in [3.63, 3.8) is 0 Å². The first-order chi connectivity index (χ1) is 10.1. The fraction of sp³-hybridized carbons (Fsp3) is 0.579. The molecule has 2 heteroatoms. The molecule has 0 bridgehead atoms. The van der Waals surface area contributed by atoms with E-state index in [0.717, 1.165) is 29.4 Å². The van der Waals surface area contributed by atoms with Crippen LogP contribution in [0, 0.1) is 24.2 Å². The highest BCUT2D eigenvalue weighted by atomic mass is 16.5. The molecule has 0 aliphatic carbocycles. The Labute approximate surface area is 129 Å². The Morgan fingerprint density at radius 1 is 1.14 bits per heavy atom. The maximum Gasteiger partial charge on any atom is 0.135 e. The highest BCUT2D eigenvalue weighted by Crippen LogP contribution is 2.24. The second-order valence-electron chi connectivity index (χ2n) is 6.07. The largest absolute Gasteiger partial charge is 0.497 e. The van der Waals surface area contributed by atoms with Gasteiger partial charge in [0.2, 0.25) is 0 Å². The molecule has 116 valence electrons. The molecule has 0 saturated carbocycles. The van der Waals surface area contributed by atoms with Crippen molar-refractivity contribution in [1.82, 2.24) is 0 Å². The molecule has 0 radical (unpaired) electrons. The van der Waals surface area contributed by atoms with Gasteiger partial charge in [0, 0.05) is 0 Å². The lowest BCUT2D eigenvalue weighted by molar-refractivity contribution is 0.274. The van der Waals surface area contributed by atoms with Crippen LogP contribution in [0.3, 0.4) is 0 Å². The molecule has 2 nitrogen and oxygen atoms in total. The van der Waals surface area contributed by atoms with E-state index >= 15 is 0 Å². The Hall–Kier alpha value is -1.62. The molecule has 1 rings (SSSR count). The standard InChI is InChI=1S/C19H28O2/c1-6-17-14-18(20-5)10-11-19(17)21-13-12-16(4)9-7-8-15(2)3/h1,10-11,14-16H,7-9,12-13H2,2-5H3. The van der Waals surface area contributed by atoms with Gasteiger partial charge < -0.3 is 9.47 Å². The third-order valence-electron chi connectivity index (χ3n) is 3.69. The van der Waals surface area contributed by atoms with Gasteiger partial charge in [0.05, 0.1) is 19.3 Å². The average molecular weight is 288 g/mol. The highest BCUT2D eigenvalue weighted by molar-refractivity contribution is 5.49. The SMILES string of the molecule is C#Cc1cc(OC)ccc1OCCC(C)CCCC(C)C. The van der Waals surface area contributed by atoms with Gasteiger partial charge in [0.25, 0.3) is 0 Å². The summed E-state index contributed by atoms with van der Waals surface area (Å²) in [5.41, 5.74) is 0.752. The summed E-state index contributed by atoms with van der Waals surface area (Å²) in [7, 11) is 1.63. The summed E-state index contributed by atoms with van der Waals surface area (Å²) in [5, 5.41) is 0. The second kappa shape index (κ2) is 9.34. The van der Waals surface area contributed by atoms with Gasteiger partial charge in [0.15, 0.2) is 0 Å². The van der Waals surface area contributed by atoms with Crippen molar-refractivity contribution in [2.24, 2.45) is 11.8 Å². The molecule has 0 aliphatic rings. The van der Waals surface area contributed by atoms with Crippen LogP contribution in [-0.4, -0.2) is 13.7 Å². The van der Waals surface area contributed by atoms with Crippen LogP contribution in [-0.2, 0) is 0 Å². The van der Waals surface area contributed by atoms with Gasteiger partial charge in [-0.3, -0.25) is 0 Å². The number of hydrogen-bond acceptors (Lipinski definition) is 2. The zero-order valence-corrected chi connectivity index (χ0v) is 13.8. The third kappa shape index (κ3) is 6.58. The molecule has 0 saturated heterocycles. The van der Waals surface area contributed by atoms with E-state index in [1.54, 1.807) is 7.11 Å². The Morgan fingerprint density at radius 3 is 2.52 bits per heavy atom. The van der Waals surface area contributed by atoms with Crippen molar-refractivity contribution in [3.8, 4) is 23.8 Å². The van der Waals surface area contributed by atoms with Gasteiger partial charge in [-0.2, -0.15) is 0 Å². The zero-order chi connectivity index (χ0) is 15.7. The van der Waals surface area contributed by atoms with E-state index in [1.165, 1.54) is 19.3 Å². The quantitative estimate of drug-likeness (QED) is 0.601. The number of hydrogen-bond donors (Lipinski definition) is 0. The lowest BCUT2D eigenvalue weighted by Gasteiger charge is -2.14. The number of methoxy groups -OCH3 is 1. The van der Waals surface area contributed by atoms with Gasteiger partial charge in [-0.15, -0.1) is 6.42 Å². The minimum Gasteiger partial charge on any atom is -0.497 e. The van der Waals surface area contributed by atoms with Crippen LogP contribution >= 0.6 is 0 Å². The Kier molecular flexibility index (Phi) is 7.75. The van der Waals surface area contributed by atoms with E-state index in [0.29, 0.717) is 12.5 Å². The first-order valence-corrected chi connectivity index (χ1v) is 7.84. The van der Waals surface area contributed by atoms with Gasteiger partial charge >= 0.3 is 0 Å². The van der Waals surface area contributed by atoms with E-state index in [9.17, 15) is 0 Å². The van der Waals surface area contributed by atoms with E-state index in [4.69, 9.17) is 15.9 Å². The summed E-state index contributed by atoms with van der Waals surface area (Å²) in [5.74, 6) is 5.67. The lowest BCUT2D eigenvalue weighted by Crippen LogP contribution is -2.05. The fourth-order valence-electron chi connectivity index (χ4n) is 2.26. The Bertz CT molecular complexity index is 457. The molecule has 1 atom stereocenters. The summed E-state index contributed by atoms with van der Waals surface area (Å²) in [6.45, 7) is 7.56. The van der Waals surface area contributed by atoms with E-state index in [1.807, 2.05) is 18.2 Å². The molecule has 1 unspecified atom stereocenters. The Morgan fingerprint density at radius 2 is 1.90 bits per heavy atom. The lowest BCUT2D eigenvalue weighted by atomic mass is 9.98. The van der Waals surface area contributed by atoms with Crippen molar-refractivity contribution in [2.75, 3.05) is 13.7 Å². The van der Waals surface area contributed by atoms with E-state index in [2.05, 4.69) is 26.7 Å². The molecule has 0 N–H and O–H groups in total. The molecule has 0 aromatic heterocycles. The van der Waals surface area contributed by atoms with Crippen molar-refractivity contribution in [3.05, 3.63) is 23.8 Å². The summed E-state index contributed by atoms with van der Waals surface area (Å²) in [6, 6.07) is 5.60. The summed E-state index contributed by atoms with van der Waals surface area (Å²) in [4.78, 5) is 0. The van der Waals surface area contributed by atoms with Gasteiger partial charge in [-0.1, -0.05) is 46.0 Å². The zero-order valence-electron chi connectivity index (χ0n) is 13.8. The second-order valence-corrected chi connectivity index (χ2v) is 6.07. The fourth-order valence-corrected chi connectivity index (χ4v) is 2.26. The summed E-state index contributed by atoms with van der Waals surface area (Å²) < 4.78 is 11.0. The molecule has 0 spiro atoms. The first-order valence-electron chi connectivity index (χ1n) is 7.84. The van der Waals surface area contributed by atoms with Crippen LogP contribution in [0.15, 0.2) is 18.2 Å². The van der Waals surface area contributed by atoms with Crippen LogP contribution in [0.2, 0.25) is 0 Å². The minimum absolute atomic E-state index is 0.691. The molecule has 0 amide bonds. The smallest absolute Gasteiger partial charge is 0.135 e. The van der Waals surface area contributed by atoms with Crippen molar-refractivity contribution in [2.45, 2.75) is 46.5 Å². The van der Waals surface area contributed by atoms with E-state index in [-0.39, 0.29) is 0 Å². The van der Waals surface area contributed by atoms with Gasteiger partial charge in [-0.05, 0) is 36.5 Å². The molecular formula is C19H28O2. The highest BCUT2D eigenvalue weighted by Gasteiger charge is 2.06. The maximum absolute atomic E-state index is 5.83. The minimum atomic E-state index is 0.691. The van der Waals surface area contributed by atoms with Crippen molar-refractivity contribution >= 4 is 0 Å². The van der Waals surface area contributed by atoms with Crippen molar-refractivity contribution in [1.29, 1.82) is 0 Å². The molecule has 21 heavy (non-hydrogen) atoms. The molecule has 1 aromatic carbocycles. The number of terminal acetylenes is 1. The number of benzene rings is 1. The number of rotatable bonds is 9.